The second-order valence-electron chi connectivity index (χ2n) is 6.26. The second-order valence-corrected chi connectivity index (χ2v) is 6.70. The van der Waals surface area contributed by atoms with Crippen molar-refractivity contribution < 1.29 is 9.34 Å². The van der Waals surface area contributed by atoms with Gasteiger partial charge in [0.15, 0.2) is 5.76 Å². The maximum atomic E-state index is 10.9. The first-order chi connectivity index (χ1) is 12.1. The molecule has 1 fully saturated rings. The summed E-state index contributed by atoms with van der Waals surface area (Å²) in [4.78, 5) is 15.0. The Morgan fingerprint density at radius 2 is 2.04 bits per heavy atom. The average Bonchev–Trinajstić information content (AvgIpc) is 3.21. The molecule has 0 atom stereocenters. The van der Waals surface area contributed by atoms with E-state index in [-0.39, 0.29) is 5.88 Å². The van der Waals surface area contributed by atoms with Crippen LogP contribution in [-0.2, 0) is 0 Å². The van der Waals surface area contributed by atoms with E-state index in [1.807, 2.05) is 10.5 Å². The number of imidazole rings is 1. The van der Waals surface area contributed by atoms with Crippen LogP contribution in [0.3, 0.4) is 0 Å². The molecular formula is C17H17ClN4O3. The van der Waals surface area contributed by atoms with Gasteiger partial charge < -0.3 is 9.73 Å². The minimum Gasteiger partial charge on any atom is -0.399 e. The van der Waals surface area contributed by atoms with E-state index in [1.54, 1.807) is 18.3 Å². The molecule has 25 heavy (non-hydrogen) atoms. The van der Waals surface area contributed by atoms with E-state index >= 15 is 0 Å². The van der Waals surface area contributed by atoms with Crippen molar-refractivity contribution in [3.8, 4) is 11.5 Å². The number of nitrogens with one attached hydrogen (secondary N) is 1. The summed E-state index contributed by atoms with van der Waals surface area (Å²) in [5.74, 6) is 0.826. The summed E-state index contributed by atoms with van der Waals surface area (Å²) in [7, 11) is 0. The molecule has 1 aliphatic rings. The molecule has 3 heterocycles. The summed E-state index contributed by atoms with van der Waals surface area (Å²) in [5.41, 5.74) is 1.26. The maximum absolute atomic E-state index is 10.9. The molecule has 130 valence electrons. The lowest BCUT2D eigenvalue weighted by molar-refractivity contribution is -0.401. The van der Waals surface area contributed by atoms with E-state index in [9.17, 15) is 10.1 Å². The average molecular weight is 361 g/mol. The molecule has 8 heteroatoms. The van der Waals surface area contributed by atoms with Gasteiger partial charge in [-0.3, -0.25) is 14.5 Å². The highest BCUT2D eigenvalue weighted by molar-refractivity contribution is 6.30. The number of aromatic nitrogens is 2. The van der Waals surface area contributed by atoms with Crippen LogP contribution in [0.4, 0.5) is 11.7 Å². The number of furan rings is 1. The van der Waals surface area contributed by atoms with Crippen molar-refractivity contribution in [2.75, 3.05) is 5.32 Å². The van der Waals surface area contributed by atoms with E-state index in [4.69, 9.17) is 16.0 Å². The fraction of sp³-hybridized carbons (Fsp3) is 0.353. The van der Waals surface area contributed by atoms with Gasteiger partial charge in [-0.2, -0.15) is 0 Å². The summed E-state index contributed by atoms with van der Waals surface area (Å²) in [5, 5.41) is 15.1. The van der Waals surface area contributed by atoms with Gasteiger partial charge in [-0.05, 0) is 31.0 Å². The molecule has 1 N–H and O–H groups in total. The van der Waals surface area contributed by atoms with E-state index in [0.717, 1.165) is 18.7 Å². The zero-order chi connectivity index (χ0) is 17.4. The Morgan fingerprint density at radius 1 is 1.24 bits per heavy atom. The van der Waals surface area contributed by atoms with Gasteiger partial charge in [-0.15, -0.1) is 0 Å². The lowest BCUT2D eigenvalue weighted by Gasteiger charge is -2.23. The molecule has 0 unspecified atom stereocenters. The Balaban J connectivity index is 1.80. The standard InChI is InChI=1S/C17H17ClN4O3/c18-11-6-8-14-20-16(13-7-9-15(25-13)22(23)24)17(21(14)10-11)19-12-4-2-1-3-5-12/h6-10,12,19H,1-5H2. The number of fused-ring (bicyclic) bond motifs is 1. The highest BCUT2D eigenvalue weighted by Crippen LogP contribution is 2.34. The molecule has 0 saturated heterocycles. The molecule has 1 aliphatic carbocycles. The number of halogens is 1. The van der Waals surface area contributed by atoms with E-state index in [2.05, 4.69) is 10.3 Å². The molecule has 0 aromatic carbocycles. The van der Waals surface area contributed by atoms with Crippen LogP contribution < -0.4 is 5.32 Å². The maximum Gasteiger partial charge on any atom is 0.433 e. The molecule has 3 aromatic heterocycles. The summed E-state index contributed by atoms with van der Waals surface area (Å²) < 4.78 is 7.25. The Bertz CT molecular complexity index is 927. The molecule has 0 bridgehead atoms. The highest BCUT2D eigenvalue weighted by atomic mass is 35.5. The third-order valence-corrected chi connectivity index (χ3v) is 4.76. The van der Waals surface area contributed by atoms with Crippen LogP contribution in [0.15, 0.2) is 34.9 Å². The van der Waals surface area contributed by atoms with Crippen molar-refractivity contribution in [1.29, 1.82) is 0 Å². The van der Waals surface area contributed by atoms with Gasteiger partial charge in [0.2, 0.25) is 0 Å². The molecular weight excluding hydrogens is 344 g/mol. The normalized spacial score (nSPS) is 15.6. The molecule has 0 aliphatic heterocycles. The molecule has 1 saturated carbocycles. The van der Waals surface area contributed by atoms with Crippen LogP contribution in [0.25, 0.3) is 17.1 Å². The molecule has 4 rings (SSSR count). The van der Waals surface area contributed by atoms with E-state index < -0.39 is 4.92 Å². The van der Waals surface area contributed by atoms with Crippen molar-refractivity contribution in [3.05, 3.63) is 45.6 Å². The van der Waals surface area contributed by atoms with Gasteiger partial charge in [-0.25, -0.2) is 4.98 Å². The largest absolute Gasteiger partial charge is 0.433 e. The number of rotatable bonds is 4. The molecule has 0 radical (unpaired) electrons. The predicted molar refractivity (Wildman–Crippen MR) is 95.1 cm³/mol. The number of anilines is 1. The van der Waals surface area contributed by atoms with Crippen molar-refractivity contribution in [1.82, 2.24) is 9.38 Å². The van der Waals surface area contributed by atoms with Crippen molar-refractivity contribution in [3.63, 3.8) is 0 Å². The third-order valence-electron chi connectivity index (χ3n) is 4.53. The van der Waals surface area contributed by atoms with E-state index in [1.165, 1.54) is 25.3 Å². The number of pyridine rings is 1. The lowest BCUT2D eigenvalue weighted by atomic mass is 9.95. The number of nitro groups is 1. The van der Waals surface area contributed by atoms with Crippen LogP contribution in [-0.4, -0.2) is 20.3 Å². The van der Waals surface area contributed by atoms with Gasteiger partial charge in [-0.1, -0.05) is 30.9 Å². The Hall–Kier alpha value is -2.54. The van der Waals surface area contributed by atoms with E-state index in [0.29, 0.717) is 28.2 Å². The number of nitrogens with zero attached hydrogens (tertiary/aromatic N) is 3. The highest BCUT2D eigenvalue weighted by Gasteiger charge is 2.23. The van der Waals surface area contributed by atoms with Gasteiger partial charge in [0.05, 0.1) is 11.1 Å². The van der Waals surface area contributed by atoms with Crippen molar-refractivity contribution >= 4 is 29.0 Å². The molecule has 0 spiro atoms. The van der Waals surface area contributed by atoms with Gasteiger partial charge in [0.25, 0.3) is 0 Å². The fourth-order valence-corrected chi connectivity index (χ4v) is 3.48. The molecule has 7 nitrogen and oxygen atoms in total. The topological polar surface area (TPSA) is 85.6 Å². The summed E-state index contributed by atoms with van der Waals surface area (Å²) in [6.45, 7) is 0. The Labute approximate surface area is 148 Å². The van der Waals surface area contributed by atoms with Crippen LogP contribution in [0, 0.1) is 10.1 Å². The Kier molecular flexibility index (Phi) is 4.09. The quantitative estimate of drug-likeness (QED) is 0.528. The first-order valence-corrected chi connectivity index (χ1v) is 8.68. The summed E-state index contributed by atoms with van der Waals surface area (Å²) in [6, 6.07) is 6.85. The van der Waals surface area contributed by atoms with Crippen molar-refractivity contribution in [2.45, 2.75) is 38.1 Å². The van der Waals surface area contributed by atoms with Crippen molar-refractivity contribution in [2.24, 2.45) is 0 Å². The first kappa shape index (κ1) is 16.0. The van der Waals surface area contributed by atoms with Gasteiger partial charge in [0, 0.05) is 12.2 Å². The van der Waals surface area contributed by atoms with Crippen LogP contribution in [0.5, 0.6) is 0 Å². The fourth-order valence-electron chi connectivity index (χ4n) is 3.32. The minimum atomic E-state index is -0.551. The Morgan fingerprint density at radius 3 is 2.76 bits per heavy atom. The van der Waals surface area contributed by atoms with Gasteiger partial charge >= 0.3 is 5.88 Å². The van der Waals surface area contributed by atoms with Crippen LogP contribution in [0.2, 0.25) is 5.02 Å². The second kappa shape index (κ2) is 6.40. The third kappa shape index (κ3) is 3.07. The summed E-state index contributed by atoms with van der Waals surface area (Å²) >= 11 is 6.15. The lowest BCUT2D eigenvalue weighted by Crippen LogP contribution is -2.23. The smallest absolute Gasteiger partial charge is 0.399 e. The molecule has 3 aromatic rings. The zero-order valence-corrected chi connectivity index (χ0v) is 14.2. The van der Waals surface area contributed by atoms with Crippen LogP contribution >= 0.6 is 11.6 Å². The number of hydrogen-bond donors (Lipinski definition) is 1. The van der Waals surface area contributed by atoms with Gasteiger partial charge in [0.1, 0.15) is 22.1 Å². The zero-order valence-electron chi connectivity index (χ0n) is 13.4. The summed E-state index contributed by atoms with van der Waals surface area (Å²) in [6.07, 6.45) is 7.61. The van der Waals surface area contributed by atoms with Crippen LogP contribution in [0.1, 0.15) is 32.1 Å². The monoisotopic (exact) mass is 360 g/mol. The first-order valence-electron chi connectivity index (χ1n) is 8.30. The number of hydrogen-bond acceptors (Lipinski definition) is 5. The predicted octanol–water partition coefficient (Wildman–Crippen LogP) is 4.90. The minimum absolute atomic E-state index is 0.297. The SMILES string of the molecule is O=[N+]([O-])c1ccc(-c2nc3ccc(Cl)cn3c2NC2CCCCC2)o1. The molecule has 0 amide bonds.